The summed E-state index contributed by atoms with van der Waals surface area (Å²) >= 11 is 0. The maximum absolute atomic E-state index is 11.3. The minimum atomic E-state index is -1.01. The molecule has 1 fully saturated rings. The number of amides is 1. The van der Waals surface area contributed by atoms with E-state index >= 15 is 0 Å². The van der Waals surface area contributed by atoms with Crippen molar-refractivity contribution in [2.75, 3.05) is 25.0 Å². The fraction of sp³-hybridized carbons (Fsp3) is 0.250. The van der Waals surface area contributed by atoms with Gasteiger partial charge in [0.1, 0.15) is 0 Å². The highest BCUT2D eigenvalue weighted by Crippen LogP contribution is 2.38. The highest BCUT2D eigenvalue weighted by Gasteiger charge is 2.19. The van der Waals surface area contributed by atoms with E-state index in [1.165, 1.54) is 24.8 Å². The number of piperidine rings is 1. The summed E-state index contributed by atoms with van der Waals surface area (Å²) in [5.74, 6) is 0.642. The Morgan fingerprint density at radius 1 is 1.11 bits per heavy atom. The van der Waals surface area contributed by atoms with Crippen molar-refractivity contribution in [1.29, 1.82) is 5.26 Å². The highest BCUT2D eigenvalue weighted by atomic mass is 16.4. The Bertz CT molecular complexity index is 1390. The normalized spacial score (nSPS) is 14.1. The Hall–Kier alpha value is -4.15. The molecule has 2 aromatic heterocycles. The molecule has 5 rings (SSSR count). The van der Waals surface area contributed by atoms with Gasteiger partial charge in [-0.05, 0) is 67.7 Å². The summed E-state index contributed by atoms with van der Waals surface area (Å²) in [6.45, 7) is 3.10. The fourth-order valence-corrected chi connectivity index (χ4v) is 4.84. The maximum Gasteiger partial charge on any atom is 0.411 e. The van der Waals surface area contributed by atoms with Gasteiger partial charge in [-0.1, -0.05) is 24.3 Å². The van der Waals surface area contributed by atoms with Crippen molar-refractivity contribution in [2.45, 2.75) is 19.4 Å². The van der Waals surface area contributed by atoms with Crippen LogP contribution in [-0.4, -0.2) is 40.9 Å². The fourth-order valence-electron chi connectivity index (χ4n) is 4.84. The molecule has 7 heteroatoms. The largest absolute Gasteiger partial charge is 0.465 e. The zero-order chi connectivity index (χ0) is 24.4. The second-order valence-corrected chi connectivity index (χ2v) is 9.02. The minimum absolute atomic E-state index is 0.593. The van der Waals surface area contributed by atoms with E-state index in [9.17, 15) is 15.2 Å². The summed E-state index contributed by atoms with van der Waals surface area (Å²) in [4.78, 5) is 17.4. The molecular formula is C28H27N5O2. The van der Waals surface area contributed by atoms with Gasteiger partial charge in [0, 0.05) is 42.0 Å². The van der Waals surface area contributed by atoms with Gasteiger partial charge in [-0.2, -0.15) is 5.26 Å². The van der Waals surface area contributed by atoms with Crippen LogP contribution in [0.1, 0.15) is 18.4 Å². The van der Waals surface area contributed by atoms with Crippen molar-refractivity contribution in [3.63, 3.8) is 0 Å². The molecule has 2 N–H and O–H groups in total. The number of carboxylic acid groups (broad SMARTS) is 1. The smallest absolute Gasteiger partial charge is 0.411 e. The van der Waals surface area contributed by atoms with Crippen LogP contribution >= 0.6 is 0 Å². The first-order chi connectivity index (χ1) is 17.0. The van der Waals surface area contributed by atoms with Crippen molar-refractivity contribution < 1.29 is 9.90 Å². The molecule has 35 heavy (non-hydrogen) atoms. The molecule has 2 aromatic carbocycles. The second kappa shape index (κ2) is 9.61. The third kappa shape index (κ3) is 4.48. The van der Waals surface area contributed by atoms with Crippen LogP contribution in [0.5, 0.6) is 0 Å². The monoisotopic (exact) mass is 465 g/mol. The lowest BCUT2D eigenvalue weighted by atomic mass is 9.95. The van der Waals surface area contributed by atoms with Gasteiger partial charge in [0.25, 0.3) is 0 Å². The number of nitriles is 1. The van der Waals surface area contributed by atoms with Crippen LogP contribution in [0.3, 0.4) is 0 Å². The first-order valence-electron chi connectivity index (χ1n) is 11.8. The third-order valence-electron chi connectivity index (χ3n) is 6.86. The number of benzene rings is 2. The topological polar surface area (TPSA) is 94.2 Å². The van der Waals surface area contributed by atoms with Gasteiger partial charge < -0.3 is 15.0 Å². The van der Waals surface area contributed by atoms with Crippen LogP contribution in [-0.2, 0) is 6.54 Å². The number of fused-ring (bicyclic) bond motifs is 1. The number of aromatic nitrogens is 2. The Morgan fingerprint density at radius 2 is 1.80 bits per heavy atom. The van der Waals surface area contributed by atoms with Crippen molar-refractivity contribution >= 4 is 22.7 Å². The van der Waals surface area contributed by atoms with Crippen molar-refractivity contribution in [2.24, 2.45) is 5.92 Å². The zero-order valence-corrected chi connectivity index (χ0v) is 19.6. The van der Waals surface area contributed by atoms with Crippen LogP contribution in [0.2, 0.25) is 0 Å². The quantitative estimate of drug-likeness (QED) is 0.414. The Kier molecular flexibility index (Phi) is 6.21. The predicted octanol–water partition coefficient (Wildman–Crippen LogP) is 5.36. The number of anilines is 1. The van der Waals surface area contributed by atoms with Gasteiger partial charge in [-0.15, -0.1) is 0 Å². The van der Waals surface area contributed by atoms with E-state index < -0.39 is 6.09 Å². The molecule has 0 atom stereocenters. The standard InChI is InChI=1S/C28H27N5O2/c1-32(28(34)35)23-8-6-22(7-9-23)27-26(21-4-2-19(16-29)3-5-21)24-12-15-33(25(24)17-31-27)18-20-10-13-30-14-11-20/h2-9,12,15,17,20,30H,10-11,13-14,18H2,1H3,(H,34,35). The van der Waals surface area contributed by atoms with Crippen molar-refractivity contribution in [1.82, 2.24) is 14.9 Å². The molecule has 0 spiro atoms. The Balaban J connectivity index is 1.61. The van der Waals surface area contributed by atoms with E-state index in [1.54, 1.807) is 12.1 Å². The number of hydrogen-bond acceptors (Lipinski definition) is 4. The summed E-state index contributed by atoms with van der Waals surface area (Å²) in [6, 6.07) is 19.3. The van der Waals surface area contributed by atoms with Crippen LogP contribution in [0.4, 0.5) is 10.5 Å². The summed E-state index contributed by atoms with van der Waals surface area (Å²) in [7, 11) is 1.52. The number of pyridine rings is 1. The number of carbonyl (C=O) groups is 1. The summed E-state index contributed by atoms with van der Waals surface area (Å²) in [6.07, 6.45) is 5.42. The van der Waals surface area contributed by atoms with Gasteiger partial charge in [0.05, 0.1) is 29.0 Å². The van der Waals surface area contributed by atoms with Gasteiger partial charge in [-0.3, -0.25) is 9.88 Å². The third-order valence-corrected chi connectivity index (χ3v) is 6.86. The predicted molar refractivity (Wildman–Crippen MR) is 137 cm³/mol. The number of nitrogens with one attached hydrogen (secondary N) is 1. The molecule has 0 unspecified atom stereocenters. The molecule has 1 amide bonds. The average Bonchev–Trinajstić information content (AvgIpc) is 3.31. The second-order valence-electron chi connectivity index (χ2n) is 9.02. The first kappa shape index (κ1) is 22.6. The molecule has 1 aliphatic rings. The highest BCUT2D eigenvalue weighted by molar-refractivity contribution is 6.01. The van der Waals surface area contributed by atoms with E-state index in [0.717, 1.165) is 52.9 Å². The van der Waals surface area contributed by atoms with Gasteiger partial charge in [0.2, 0.25) is 0 Å². The van der Waals surface area contributed by atoms with Crippen molar-refractivity contribution in [3.05, 3.63) is 72.6 Å². The summed E-state index contributed by atoms with van der Waals surface area (Å²) in [5.41, 5.74) is 6.02. The van der Waals surface area contributed by atoms with Gasteiger partial charge in [0.15, 0.2) is 0 Å². The summed E-state index contributed by atoms with van der Waals surface area (Å²) < 4.78 is 2.31. The van der Waals surface area contributed by atoms with Crippen molar-refractivity contribution in [3.8, 4) is 28.5 Å². The summed E-state index contributed by atoms with van der Waals surface area (Å²) in [5, 5.41) is 23.1. The SMILES string of the molecule is CN(C(=O)O)c1ccc(-c2ncc3c(ccn3CC3CCNCC3)c2-c2ccc(C#N)cc2)cc1. The maximum atomic E-state index is 11.3. The van der Waals surface area contributed by atoms with E-state index in [-0.39, 0.29) is 0 Å². The number of nitrogens with zero attached hydrogens (tertiary/aromatic N) is 4. The minimum Gasteiger partial charge on any atom is -0.465 e. The van der Waals surface area contributed by atoms with Gasteiger partial charge in [-0.25, -0.2) is 4.79 Å². The van der Waals surface area contributed by atoms with Crippen LogP contribution < -0.4 is 10.2 Å². The molecule has 0 saturated carbocycles. The van der Waals surface area contributed by atoms with E-state index in [1.807, 2.05) is 42.6 Å². The number of hydrogen-bond donors (Lipinski definition) is 2. The molecule has 0 radical (unpaired) electrons. The molecule has 0 bridgehead atoms. The molecule has 3 heterocycles. The molecule has 176 valence electrons. The Labute approximate surface area is 204 Å². The van der Waals surface area contributed by atoms with Crippen LogP contribution in [0.25, 0.3) is 33.3 Å². The molecule has 7 nitrogen and oxygen atoms in total. The lowest BCUT2D eigenvalue weighted by Crippen LogP contribution is -2.29. The van der Waals surface area contributed by atoms with Crippen LogP contribution in [0.15, 0.2) is 67.0 Å². The molecule has 4 aromatic rings. The lowest BCUT2D eigenvalue weighted by molar-refractivity contribution is 0.203. The molecule has 1 aliphatic heterocycles. The Morgan fingerprint density at radius 3 is 2.46 bits per heavy atom. The van der Waals surface area contributed by atoms with E-state index in [0.29, 0.717) is 17.2 Å². The first-order valence-corrected chi connectivity index (χ1v) is 11.8. The molecule has 1 saturated heterocycles. The lowest BCUT2D eigenvalue weighted by Gasteiger charge is -2.23. The van der Waals surface area contributed by atoms with Crippen LogP contribution in [0, 0.1) is 17.2 Å². The van der Waals surface area contributed by atoms with Gasteiger partial charge >= 0.3 is 6.09 Å². The van der Waals surface area contributed by atoms with E-state index in [4.69, 9.17) is 4.98 Å². The number of rotatable bonds is 5. The molecule has 0 aliphatic carbocycles. The average molecular weight is 466 g/mol. The molecular weight excluding hydrogens is 438 g/mol. The zero-order valence-electron chi connectivity index (χ0n) is 19.6. The van der Waals surface area contributed by atoms with E-state index in [2.05, 4.69) is 28.2 Å².